The van der Waals surface area contributed by atoms with E-state index in [2.05, 4.69) is 11.6 Å². The molecule has 27 heavy (non-hydrogen) atoms. The zero-order valence-corrected chi connectivity index (χ0v) is 15.1. The van der Waals surface area contributed by atoms with Gasteiger partial charge in [-0.3, -0.25) is 4.79 Å². The Bertz CT molecular complexity index is 1030. The van der Waals surface area contributed by atoms with Crippen LogP contribution in [0.25, 0.3) is 11.4 Å². The van der Waals surface area contributed by atoms with Gasteiger partial charge in [-0.25, -0.2) is 8.78 Å². The number of rotatable bonds is 4. The molecule has 0 aliphatic rings. The first-order valence-electron chi connectivity index (χ1n) is 7.74. The van der Waals surface area contributed by atoms with Crippen LogP contribution in [0.2, 0.25) is 5.02 Å². The van der Waals surface area contributed by atoms with Crippen molar-refractivity contribution in [3.05, 3.63) is 82.1 Å². The van der Waals surface area contributed by atoms with E-state index >= 15 is 0 Å². The van der Waals surface area contributed by atoms with Gasteiger partial charge in [0.15, 0.2) is 5.84 Å². The number of benzene rings is 2. The molecule has 0 aromatic heterocycles. The van der Waals surface area contributed by atoms with Gasteiger partial charge < -0.3 is 5.73 Å². The third kappa shape index (κ3) is 4.49. The molecular formula is C21H15ClF2N2O. The molecule has 0 saturated heterocycles. The number of aliphatic imine (C=N–C) groups is 1. The van der Waals surface area contributed by atoms with Crippen LogP contribution in [0.3, 0.4) is 0 Å². The largest absolute Gasteiger partial charge is 0.376 e. The van der Waals surface area contributed by atoms with Gasteiger partial charge in [-0.15, -0.1) is 6.42 Å². The smallest absolute Gasteiger partial charge is 0.279 e. The maximum Gasteiger partial charge on any atom is 0.279 e. The molecule has 0 aliphatic heterocycles. The monoisotopic (exact) mass is 384 g/mol. The fourth-order valence-electron chi connectivity index (χ4n) is 2.38. The minimum absolute atomic E-state index is 0.109. The van der Waals surface area contributed by atoms with Gasteiger partial charge in [0, 0.05) is 16.7 Å². The van der Waals surface area contributed by atoms with E-state index in [9.17, 15) is 13.6 Å². The van der Waals surface area contributed by atoms with Crippen LogP contribution in [0.4, 0.5) is 8.78 Å². The van der Waals surface area contributed by atoms with Crippen molar-refractivity contribution in [1.29, 1.82) is 0 Å². The predicted molar refractivity (Wildman–Crippen MR) is 106 cm³/mol. The number of carbonyl (C=O) groups is 1. The van der Waals surface area contributed by atoms with E-state index in [1.54, 1.807) is 0 Å². The molecule has 136 valence electrons. The third-order valence-corrected chi connectivity index (χ3v) is 4.04. The van der Waals surface area contributed by atoms with E-state index < -0.39 is 17.6 Å². The van der Waals surface area contributed by atoms with Crippen LogP contribution in [0.1, 0.15) is 34.0 Å². The van der Waals surface area contributed by atoms with Crippen molar-refractivity contribution in [2.24, 2.45) is 10.7 Å². The molecular weight excluding hydrogens is 370 g/mol. The molecule has 0 atom stereocenters. The van der Waals surface area contributed by atoms with Crippen molar-refractivity contribution < 1.29 is 13.6 Å². The minimum atomic E-state index is -0.683. The maximum absolute atomic E-state index is 14.3. The highest BCUT2D eigenvalue weighted by atomic mass is 35.5. The van der Waals surface area contributed by atoms with Crippen molar-refractivity contribution in [2.75, 3.05) is 0 Å². The molecule has 0 saturated carbocycles. The Balaban J connectivity index is 2.64. The van der Waals surface area contributed by atoms with Gasteiger partial charge in [0.1, 0.15) is 11.6 Å². The molecule has 2 aromatic rings. The molecule has 0 bridgehead atoms. The summed E-state index contributed by atoms with van der Waals surface area (Å²) in [6.07, 6.45) is 6.36. The summed E-state index contributed by atoms with van der Waals surface area (Å²) in [6, 6.07) is 8.00. The van der Waals surface area contributed by atoms with E-state index in [4.69, 9.17) is 23.8 Å². The second-order valence-corrected chi connectivity index (χ2v) is 5.85. The second kappa shape index (κ2) is 8.43. The summed E-state index contributed by atoms with van der Waals surface area (Å²) in [5.74, 6) is 0.0590. The standard InChI is InChI=1S/C21H15ClF2N2O/c1-4-19(24)16-8-6-13(21(27)26-20(25)5-2)10-17(16)12(3)15-9-7-14(23)11-18(15)22/h2,4,6-11H,3H2,1H3,(H2,25,26,27)/b19-4+. The summed E-state index contributed by atoms with van der Waals surface area (Å²) in [5, 5.41) is 0.109. The van der Waals surface area contributed by atoms with Gasteiger partial charge in [0.25, 0.3) is 5.91 Å². The maximum atomic E-state index is 14.3. The molecule has 2 aromatic carbocycles. The van der Waals surface area contributed by atoms with Crippen LogP contribution in [0.5, 0.6) is 0 Å². The molecule has 0 aliphatic carbocycles. The third-order valence-electron chi connectivity index (χ3n) is 3.73. The van der Waals surface area contributed by atoms with Gasteiger partial charge in [-0.05, 0) is 54.3 Å². The number of carbonyl (C=O) groups excluding carboxylic acids is 1. The second-order valence-electron chi connectivity index (χ2n) is 5.45. The topological polar surface area (TPSA) is 55.4 Å². The van der Waals surface area contributed by atoms with Gasteiger partial charge in [0.05, 0.1) is 5.02 Å². The predicted octanol–water partition coefficient (Wildman–Crippen LogP) is 5.00. The number of nitrogens with two attached hydrogens (primary N) is 1. The number of nitrogens with zero attached hydrogens (tertiary/aromatic N) is 1. The van der Waals surface area contributed by atoms with E-state index in [1.165, 1.54) is 43.3 Å². The Morgan fingerprint density at radius 3 is 2.52 bits per heavy atom. The zero-order chi connectivity index (χ0) is 20.1. The molecule has 6 heteroatoms. The van der Waals surface area contributed by atoms with Gasteiger partial charge in [-0.2, -0.15) is 4.99 Å². The molecule has 0 heterocycles. The Morgan fingerprint density at radius 1 is 1.26 bits per heavy atom. The lowest BCUT2D eigenvalue weighted by Gasteiger charge is -2.14. The molecule has 3 nitrogen and oxygen atoms in total. The highest BCUT2D eigenvalue weighted by Gasteiger charge is 2.17. The first-order chi connectivity index (χ1) is 12.8. The lowest BCUT2D eigenvalue weighted by molar-refractivity contribution is 0.100. The summed E-state index contributed by atoms with van der Waals surface area (Å²) in [6.45, 7) is 5.47. The molecule has 0 unspecified atom stereocenters. The molecule has 1 amide bonds. The van der Waals surface area contributed by atoms with E-state index in [0.717, 1.165) is 6.07 Å². The number of hydrogen-bond acceptors (Lipinski definition) is 1. The van der Waals surface area contributed by atoms with Crippen molar-refractivity contribution in [1.82, 2.24) is 0 Å². The normalized spacial score (nSPS) is 11.8. The lowest BCUT2D eigenvalue weighted by Crippen LogP contribution is -2.11. The van der Waals surface area contributed by atoms with Crippen LogP contribution in [0, 0.1) is 18.2 Å². The Morgan fingerprint density at radius 2 is 1.93 bits per heavy atom. The van der Waals surface area contributed by atoms with E-state index in [0.29, 0.717) is 16.7 Å². The van der Waals surface area contributed by atoms with Gasteiger partial charge in [0.2, 0.25) is 0 Å². The number of hydrogen-bond donors (Lipinski definition) is 1. The summed E-state index contributed by atoms with van der Waals surface area (Å²) in [5.41, 5.74) is 6.75. The van der Waals surface area contributed by atoms with Crippen molar-refractivity contribution in [3.8, 4) is 12.3 Å². The fraction of sp³-hybridized carbons (Fsp3) is 0.0476. The molecule has 2 rings (SSSR count). The molecule has 0 radical (unpaired) electrons. The van der Waals surface area contributed by atoms with E-state index in [-0.39, 0.29) is 22.0 Å². The van der Waals surface area contributed by atoms with Crippen LogP contribution < -0.4 is 5.73 Å². The number of amidine groups is 1. The summed E-state index contributed by atoms with van der Waals surface area (Å²) >= 11 is 6.09. The Hall–Kier alpha value is -3.23. The molecule has 2 N–H and O–H groups in total. The Labute approximate surface area is 160 Å². The lowest BCUT2D eigenvalue weighted by atomic mass is 9.92. The van der Waals surface area contributed by atoms with Crippen LogP contribution in [-0.4, -0.2) is 11.7 Å². The average molecular weight is 385 g/mol. The fourth-order valence-corrected chi connectivity index (χ4v) is 2.66. The first-order valence-corrected chi connectivity index (χ1v) is 8.12. The number of terminal acetylenes is 1. The molecule has 0 spiro atoms. The highest BCUT2D eigenvalue weighted by Crippen LogP contribution is 2.34. The Kier molecular flexibility index (Phi) is 6.27. The van der Waals surface area contributed by atoms with Crippen molar-refractivity contribution in [3.63, 3.8) is 0 Å². The van der Waals surface area contributed by atoms with E-state index in [1.807, 2.05) is 5.92 Å². The first kappa shape index (κ1) is 20.1. The van der Waals surface area contributed by atoms with Crippen LogP contribution in [-0.2, 0) is 0 Å². The minimum Gasteiger partial charge on any atom is -0.376 e. The summed E-state index contributed by atoms with van der Waals surface area (Å²) < 4.78 is 27.7. The SMILES string of the molecule is C#C/C(N)=N\C(=O)c1ccc(/C(F)=C\C)c(C(=C)c2ccc(F)cc2Cl)c1. The van der Waals surface area contributed by atoms with Crippen LogP contribution in [0.15, 0.2) is 54.0 Å². The number of halogens is 3. The number of amides is 1. The quantitative estimate of drug-likeness (QED) is 0.458. The van der Waals surface area contributed by atoms with Crippen LogP contribution >= 0.6 is 11.6 Å². The summed E-state index contributed by atoms with van der Waals surface area (Å²) in [4.78, 5) is 15.8. The summed E-state index contributed by atoms with van der Waals surface area (Å²) in [7, 11) is 0. The highest BCUT2D eigenvalue weighted by molar-refractivity contribution is 6.32. The van der Waals surface area contributed by atoms with Gasteiger partial charge in [-0.1, -0.05) is 30.3 Å². The van der Waals surface area contributed by atoms with Crippen molar-refractivity contribution in [2.45, 2.75) is 6.92 Å². The van der Waals surface area contributed by atoms with Crippen molar-refractivity contribution >= 4 is 34.7 Å². The zero-order valence-electron chi connectivity index (χ0n) is 14.4. The molecule has 0 fully saturated rings. The van der Waals surface area contributed by atoms with Gasteiger partial charge >= 0.3 is 0 Å². The average Bonchev–Trinajstić information content (AvgIpc) is 2.66. The number of allylic oxidation sites excluding steroid dienone is 1.